The Kier molecular flexibility index (Phi) is 8.06. The number of alkyl halides is 1. The summed E-state index contributed by atoms with van der Waals surface area (Å²) in [5.74, 6) is 0. The van der Waals surface area contributed by atoms with E-state index < -0.39 is 7.82 Å². The van der Waals surface area contributed by atoms with E-state index in [1.807, 2.05) is 0 Å². The number of rotatable bonds is 7. The van der Waals surface area contributed by atoms with Crippen molar-refractivity contribution < 1.29 is 18.1 Å². The first-order valence-electron chi connectivity index (χ1n) is 4.12. The van der Waals surface area contributed by atoms with Gasteiger partial charge in [0.2, 0.25) is 0 Å². The van der Waals surface area contributed by atoms with Gasteiger partial charge in [-0.3, -0.25) is 9.05 Å². The highest BCUT2D eigenvalue weighted by atomic mass is 35.5. The highest BCUT2D eigenvalue weighted by Crippen LogP contribution is 2.50. The van der Waals surface area contributed by atoms with Gasteiger partial charge in [-0.05, 0) is 13.8 Å². The lowest BCUT2D eigenvalue weighted by molar-refractivity contribution is 0.149. The van der Waals surface area contributed by atoms with Gasteiger partial charge in [-0.1, -0.05) is 23.2 Å². The van der Waals surface area contributed by atoms with Crippen LogP contribution < -0.4 is 0 Å². The average Bonchev–Trinajstić information content (AvgIpc) is 2.13. The molecule has 0 aromatic rings. The van der Waals surface area contributed by atoms with Crippen LogP contribution in [-0.4, -0.2) is 18.6 Å². The van der Waals surface area contributed by atoms with Gasteiger partial charge in [-0.2, -0.15) is 0 Å². The van der Waals surface area contributed by atoms with Gasteiger partial charge < -0.3 is 4.52 Å². The lowest BCUT2D eigenvalue weighted by atomic mass is 10.5. The quantitative estimate of drug-likeness (QED) is 0.404. The van der Waals surface area contributed by atoms with Crippen LogP contribution in [0, 0.1) is 0 Å². The normalized spacial score (nSPS) is 16.6. The molecule has 0 aliphatic heterocycles. The Balaban J connectivity index is 4.31. The van der Waals surface area contributed by atoms with E-state index >= 15 is 0 Å². The predicted octanol–water partition coefficient (Wildman–Crippen LogP) is 4.07. The van der Waals surface area contributed by atoms with Crippen molar-refractivity contribution in [2.24, 2.45) is 0 Å². The molecule has 90 valence electrons. The molecule has 15 heavy (non-hydrogen) atoms. The molecule has 2 unspecified atom stereocenters. The molecule has 0 spiro atoms. The van der Waals surface area contributed by atoms with E-state index in [4.69, 9.17) is 48.4 Å². The van der Waals surface area contributed by atoms with Crippen LogP contribution in [0.1, 0.15) is 13.8 Å². The van der Waals surface area contributed by atoms with Crippen LogP contribution in [0.4, 0.5) is 0 Å². The van der Waals surface area contributed by atoms with Crippen molar-refractivity contribution >= 4 is 42.6 Å². The molecule has 0 rings (SSSR count). The number of halogens is 3. The van der Waals surface area contributed by atoms with E-state index in [1.54, 1.807) is 13.8 Å². The topological polar surface area (TPSA) is 44.8 Å². The summed E-state index contributed by atoms with van der Waals surface area (Å²) in [6, 6.07) is 0. The van der Waals surface area contributed by atoms with Crippen LogP contribution in [0.2, 0.25) is 0 Å². The number of phosphoric ester groups is 1. The Labute approximate surface area is 104 Å². The molecule has 0 aliphatic rings. The first-order chi connectivity index (χ1) is 6.89. The molecular formula is C7H12Cl3O4P. The van der Waals surface area contributed by atoms with Crippen molar-refractivity contribution in [2.45, 2.75) is 19.2 Å². The second-order valence-corrected chi connectivity index (χ2v) is 5.83. The zero-order valence-corrected chi connectivity index (χ0v) is 11.4. The van der Waals surface area contributed by atoms with E-state index in [0.717, 1.165) is 6.26 Å². The standard InChI is InChI=1S/C7H12Cl3O4P/c1-3-12-15(11,13-4-6(2)8)14-5-7(9)10/h5-6H,3-4H2,1-2H3. The third-order valence-corrected chi connectivity index (χ3v) is 2.73. The van der Waals surface area contributed by atoms with E-state index in [-0.39, 0.29) is 23.1 Å². The van der Waals surface area contributed by atoms with Crippen LogP contribution in [0.3, 0.4) is 0 Å². The van der Waals surface area contributed by atoms with Gasteiger partial charge in [0.1, 0.15) is 10.8 Å². The maximum absolute atomic E-state index is 11.7. The Morgan fingerprint density at radius 3 is 2.47 bits per heavy atom. The number of hydrogen-bond donors (Lipinski definition) is 0. The summed E-state index contributed by atoms with van der Waals surface area (Å²) in [6.07, 6.45) is 0.887. The molecule has 0 aromatic carbocycles. The zero-order valence-electron chi connectivity index (χ0n) is 8.28. The average molecular weight is 298 g/mol. The molecule has 8 heteroatoms. The Hall–Kier alpha value is 0.560. The molecule has 0 amide bonds. The molecule has 0 aliphatic carbocycles. The van der Waals surface area contributed by atoms with E-state index in [2.05, 4.69) is 0 Å². The SMILES string of the molecule is CCOP(=O)(OC=C(Cl)Cl)OCC(C)Cl. The third kappa shape index (κ3) is 8.38. The van der Waals surface area contributed by atoms with Crippen molar-refractivity contribution in [1.82, 2.24) is 0 Å². The number of hydrogen-bond acceptors (Lipinski definition) is 4. The van der Waals surface area contributed by atoms with Crippen molar-refractivity contribution in [3.05, 3.63) is 10.8 Å². The van der Waals surface area contributed by atoms with Crippen molar-refractivity contribution in [3.63, 3.8) is 0 Å². The Morgan fingerprint density at radius 1 is 1.47 bits per heavy atom. The summed E-state index contributed by atoms with van der Waals surface area (Å²) in [6.45, 7) is 3.53. The van der Waals surface area contributed by atoms with Gasteiger partial charge in [0.25, 0.3) is 0 Å². The third-order valence-electron chi connectivity index (χ3n) is 1.02. The predicted molar refractivity (Wildman–Crippen MR) is 61.4 cm³/mol. The minimum atomic E-state index is -3.66. The fraction of sp³-hybridized carbons (Fsp3) is 0.714. The second kappa shape index (κ2) is 7.77. The lowest BCUT2D eigenvalue weighted by Gasteiger charge is -2.16. The van der Waals surface area contributed by atoms with Gasteiger partial charge in [0.15, 0.2) is 0 Å². The van der Waals surface area contributed by atoms with E-state index in [0.29, 0.717) is 0 Å². The van der Waals surface area contributed by atoms with Gasteiger partial charge >= 0.3 is 7.82 Å². The van der Waals surface area contributed by atoms with Gasteiger partial charge in [0.05, 0.1) is 18.6 Å². The van der Waals surface area contributed by atoms with Crippen LogP contribution in [0.15, 0.2) is 10.8 Å². The van der Waals surface area contributed by atoms with E-state index in [1.165, 1.54) is 0 Å². The van der Waals surface area contributed by atoms with Crippen LogP contribution >= 0.6 is 42.6 Å². The molecule has 2 atom stereocenters. The smallest absolute Gasteiger partial charge is 0.409 e. The maximum Gasteiger partial charge on any atom is 0.529 e. The highest BCUT2D eigenvalue weighted by molar-refractivity contribution is 7.48. The Bertz CT molecular complexity index is 253. The summed E-state index contributed by atoms with van der Waals surface area (Å²) < 4.78 is 26.0. The second-order valence-electron chi connectivity index (χ2n) is 2.45. The summed E-state index contributed by atoms with van der Waals surface area (Å²) >= 11 is 16.2. The summed E-state index contributed by atoms with van der Waals surface area (Å²) in [5, 5.41) is -0.308. The monoisotopic (exact) mass is 296 g/mol. The lowest BCUT2D eigenvalue weighted by Crippen LogP contribution is -2.05. The first kappa shape index (κ1) is 15.6. The van der Waals surface area contributed by atoms with Gasteiger partial charge in [-0.25, -0.2) is 4.57 Å². The van der Waals surface area contributed by atoms with Crippen LogP contribution in [-0.2, 0) is 18.1 Å². The summed E-state index contributed by atoms with van der Waals surface area (Å²) in [5.41, 5.74) is 0. The Morgan fingerprint density at radius 2 is 2.07 bits per heavy atom. The van der Waals surface area contributed by atoms with Crippen molar-refractivity contribution in [3.8, 4) is 0 Å². The molecule has 0 bridgehead atoms. The highest BCUT2D eigenvalue weighted by Gasteiger charge is 2.27. The molecule has 0 heterocycles. The van der Waals surface area contributed by atoms with Crippen LogP contribution in [0.25, 0.3) is 0 Å². The molecule has 0 radical (unpaired) electrons. The minimum Gasteiger partial charge on any atom is -0.409 e. The molecular weight excluding hydrogens is 285 g/mol. The molecule has 0 fully saturated rings. The molecule has 0 saturated heterocycles. The fourth-order valence-corrected chi connectivity index (χ4v) is 2.07. The summed E-state index contributed by atoms with van der Waals surface area (Å²) in [7, 11) is -3.66. The molecule has 4 nitrogen and oxygen atoms in total. The van der Waals surface area contributed by atoms with E-state index in [9.17, 15) is 4.57 Å². The molecule has 0 aromatic heterocycles. The first-order valence-corrected chi connectivity index (χ1v) is 6.77. The largest absolute Gasteiger partial charge is 0.529 e. The fourth-order valence-electron chi connectivity index (χ4n) is 0.555. The molecule has 0 N–H and O–H groups in total. The van der Waals surface area contributed by atoms with Gasteiger partial charge in [-0.15, -0.1) is 11.6 Å². The van der Waals surface area contributed by atoms with Crippen molar-refractivity contribution in [1.29, 1.82) is 0 Å². The van der Waals surface area contributed by atoms with Crippen molar-refractivity contribution in [2.75, 3.05) is 13.2 Å². The zero-order chi connectivity index (χ0) is 11.9. The maximum atomic E-state index is 11.7. The van der Waals surface area contributed by atoms with Crippen LogP contribution in [0.5, 0.6) is 0 Å². The summed E-state index contributed by atoms with van der Waals surface area (Å²) in [4.78, 5) is 0. The van der Waals surface area contributed by atoms with Gasteiger partial charge in [0, 0.05) is 0 Å². The number of phosphoric acid groups is 1. The molecule has 0 saturated carbocycles. The minimum absolute atomic E-state index is 0.0343.